The minimum Gasteiger partial charge on any atom is -0.303 e. The van der Waals surface area contributed by atoms with Crippen LogP contribution in [0.25, 0.3) is 0 Å². The highest BCUT2D eigenvalue weighted by atomic mass is 32.1. The molecule has 0 radical (unpaired) electrons. The van der Waals surface area contributed by atoms with E-state index in [0.29, 0.717) is 17.2 Å². The molecule has 0 aliphatic heterocycles. The van der Waals surface area contributed by atoms with E-state index in [1.807, 2.05) is 0 Å². The molecule has 0 saturated carbocycles. The van der Waals surface area contributed by atoms with Gasteiger partial charge in [0.1, 0.15) is 6.29 Å². The van der Waals surface area contributed by atoms with Crippen molar-refractivity contribution in [2.24, 2.45) is 0 Å². The maximum absolute atomic E-state index is 10.6. The Labute approximate surface area is 73.6 Å². The van der Waals surface area contributed by atoms with Gasteiger partial charge in [-0.15, -0.1) is 11.3 Å². The van der Waals surface area contributed by atoms with Crippen LogP contribution in [-0.4, -0.2) is 17.2 Å². The Kier molecular flexibility index (Phi) is 2.93. The number of carbonyl (C=O) groups is 2. The van der Waals surface area contributed by atoms with Gasteiger partial charge in [-0.2, -0.15) is 0 Å². The molecule has 0 fully saturated rings. The second-order valence-corrected chi connectivity index (χ2v) is 3.05. The predicted molar refractivity (Wildman–Crippen MR) is 46.2 cm³/mol. The smallest absolute Gasteiger partial charge is 0.223 e. The topological polar surface area (TPSA) is 59.1 Å². The molecule has 0 saturated heterocycles. The van der Waals surface area contributed by atoms with E-state index in [1.165, 1.54) is 18.3 Å². The normalized spacial score (nSPS) is 9.42. The lowest BCUT2D eigenvalue weighted by Crippen LogP contribution is -2.05. The minimum atomic E-state index is -0.151. The van der Waals surface area contributed by atoms with Crippen LogP contribution in [0.15, 0.2) is 5.38 Å². The summed E-state index contributed by atoms with van der Waals surface area (Å²) in [5.74, 6) is -0.151. The summed E-state index contributed by atoms with van der Waals surface area (Å²) in [6.07, 6.45) is 1.09. The van der Waals surface area contributed by atoms with Gasteiger partial charge in [-0.3, -0.25) is 4.79 Å². The Balaban J connectivity index is 2.63. The lowest BCUT2D eigenvalue weighted by Gasteiger charge is -1.92. The van der Waals surface area contributed by atoms with E-state index in [1.54, 1.807) is 5.38 Å². The highest BCUT2D eigenvalue weighted by Crippen LogP contribution is 2.14. The zero-order chi connectivity index (χ0) is 8.97. The molecule has 0 aliphatic carbocycles. The van der Waals surface area contributed by atoms with Gasteiger partial charge in [0.25, 0.3) is 0 Å². The van der Waals surface area contributed by atoms with Crippen molar-refractivity contribution in [2.75, 3.05) is 5.32 Å². The summed E-state index contributed by atoms with van der Waals surface area (Å²) in [5, 5.41) is 4.83. The van der Waals surface area contributed by atoms with Crippen molar-refractivity contribution < 1.29 is 9.59 Å². The first-order chi connectivity index (χ1) is 5.72. The third kappa shape index (κ3) is 2.43. The molecule has 0 atom stereocenters. The number of anilines is 1. The Morgan fingerprint density at radius 1 is 1.83 bits per heavy atom. The fraction of sp³-hybridized carbons (Fsp3) is 0.286. The molecule has 1 aromatic rings. The number of amides is 1. The predicted octanol–water partition coefficient (Wildman–Crippen LogP) is 0.843. The summed E-state index contributed by atoms with van der Waals surface area (Å²) in [7, 11) is 0. The molecule has 12 heavy (non-hydrogen) atoms. The van der Waals surface area contributed by atoms with Crippen molar-refractivity contribution in [1.29, 1.82) is 0 Å². The molecule has 0 aromatic carbocycles. The standard InChI is InChI=1S/C7H8N2O2S/c1-5(11)8-7-9-6(2-3-10)4-12-7/h3-4H,2H2,1H3,(H,8,9,11). The number of aromatic nitrogens is 1. The number of carbonyl (C=O) groups excluding carboxylic acids is 2. The van der Waals surface area contributed by atoms with E-state index >= 15 is 0 Å². The van der Waals surface area contributed by atoms with Crippen LogP contribution < -0.4 is 5.32 Å². The van der Waals surface area contributed by atoms with Gasteiger partial charge in [-0.05, 0) is 0 Å². The number of nitrogens with one attached hydrogen (secondary N) is 1. The van der Waals surface area contributed by atoms with Crippen LogP contribution >= 0.6 is 11.3 Å². The Morgan fingerprint density at radius 2 is 2.58 bits per heavy atom. The monoisotopic (exact) mass is 184 g/mol. The molecule has 0 unspecified atom stereocenters. The molecular weight excluding hydrogens is 176 g/mol. The van der Waals surface area contributed by atoms with E-state index in [2.05, 4.69) is 10.3 Å². The molecule has 1 rings (SSSR count). The summed E-state index contributed by atoms with van der Waals surface area (Å²) in [5.41, 5.74) is 0.693. The Morgan fingerprint density at radius 3 is 3.17 bits per heavy atom. The first-order valence-corrected chi connectivity index (χ1v) is 4.26. The molecule has 1 amide bonds. The molecule has 1 N–H and O–H groups in total. The Hall–Kier alpha value is -1.23. The van der Waals surface area contributed by atoms with Crippen molar-refractivity contribution in [3.05, 3.63) is 11.1 Å². The lowest BCUT2D eigenvalue weighted by molar-refractivity contribution is -0.114. The minimum absolute atomic E-state index is 0.151. The van der Waals surface area contributed by atoms with Gasteiger partial charge < -0.3 is 10.1 Å². The third-order valence-electron chi connectivity index (χ3n) is 1.13. The molecule has 0 aliphatic rings. The highest BCUT2D eigenvalue weighted by molar-refractivity contribution is 7.13. The molecule has 5 heteroatoms. The molecular formula is C7H8N2O2S. The number of rotatable bonds is 3. The average molecular weight is 184 g/mol. The number of aldehydes is 1. The van der Waals surface area contributed by atoms with Gasteiger partial charge in [0.15, 0.2) is 5.13 Å². The van der Waals surface area contributed by atoms with Gasteiger partial charge in [0, 0.05) is 18.7 Å². The first-order valence-electron chi connectivity index (χ1n) is 3.38. The van der Waals surface area contributed by atoms with Crippen LogP contribution in [0.1, 0.15) is 12.6 Å². The van der Waals surface area contributed by atoms with E-state index in [0.717, 1.165) is 6.29 Å². The fourth-order valence-corrected chi connectivity index (χ4v) is 1.46. The van der Waals surface area contributed by atoms with Gasteiger partial charge in [-0.1, -0.05) is 0 Å². The van der Waals surface area contributed by atoms with Crippen molar-refractivity contribution in [3.8, 4) is 0 Å². The van der Waals surface area contributed by atoms with Gasteiger partial charge in [0.05, 0.1) is 5.69 Å². The second kappa shape index (κ2) is 3.96. The lowest BCUT2D eigenvalue weighted by atomic mass is 10.4. The van der Waals surface area contributed by atoms with E-state index in [9.17, 15) is 9.59 Å². The SMILES string of the molecule is CC(=O)Nc1nc(CC=O)cs1. The molecule has 1 heterocycles. The maximum atomic E-state index is 10.6. The van der Waals surface area contributed by atoms with Crippen LogP contribution in [0.3, 0.4) is 0 Å². The highest BCUT2D eigenvalue weighted by Gasteiger charge is 2.01. The van der Waals surface area contributed by atoms with Gasteiger partial charge in [-0.25, -0.2) is 4.98 Å². The van der Waals surface area contributed by atoms with Crippen molar-refractivity contribution in [2.45, 2.75) is 13.3 Å². The average Bonchev–Trinajstić information content (AvgIpc) is 2.36. The summed E-state index contributed by atoms with van der Waals surface area (Å²) in [6.45, 7) is 1.42. The van der Waals surface area contributed by atoms with Crippen LogP contribution in [0, 0.1) is 0 Å². The molecule has 64 valence electrons. The van der Waals surface area contributed by atoms with Crippen molar-refractivity contribution >= 4 is 28.7 Å². The second-order valence-electron chi connectivity index (χ2n) is 2.20. The molecule has 0 spiro atoms. The quantitative estimate of drug-likeness (QED) is 0.708. The van der Waals surface area contributed by atoms with Gasteiger partial charge in [0.2, 0.25) is 5.91 Å². The molecule has 0 bridgehead atoms. The first kappa shape index (κ1) is 8.86. The number of nitrogens with zero attached hydrogens (tertiary/aromatic N) is 1. The number of hydrogen-bond donors (Lipinski definition) is 1. The van der Waals surface area contributed by atoms with Gasteiger partial charge >= 0.3 is 0 Å². The summed E-state index contributed by atoms with van der Waals surface area (Å²) >= 11 is 1.32. The Bertz CT molecular complexity index is 295. The zero-order valence-corrected chi connectivity index (χ0v) is 7.35. The molecule has 4 nitrogen and oxygen atoms in total. The maximum Gasteiger partial charge on any atom is 0.223 e. The van der Waals surface area contributed by atoms with E-state index < -0.39 is 0 Å². The largest absolute Gasteiger partial charge is 0.303 e. The number of thiazole rings is 1. The zero-order valence-electron chi connectivity index (χ0n) is 6.53. The van der Waals surface area contributed by atoms with Crippen molar-refractivity contribution in [3.63, 3.8) is 0 Å². The van der Waals surface area contributed by atoms with Crippen LogP contribution in [0.4, 0.5) is 5.13 Å². The van der Waals surface area contributed by atoms with E-state index in [-0.39, 0.29) is 5.91 Å². The number of hydrogen-bond acceptors (Lipinski definition) is 4. The van der Waals surface area contributed by atoms with Crippen molar-refractivity contribution in [1.82, 2.24) is 4.98 Å². The fourth-order valence-electron chi connectivity index (χ4n) is 0.694. The van der Waals surface area contributed by atoms with Crippen LogP contribution in [0.2, 0.25) is 0 Å². The summed E-state index contributed by atoms with van der Waals surface area (Å²) in [4.78, 5) is 24.6. The van der Waals surface area contributed by atoms with Crippen LogP contribution in [0.5, 0.6) is 0 Å². The van der Waals surface area contributed by atoms with E-state index in [4.69, 9.17) is 0 Å². The summed E-state index contributed by atoms with van der Waals surface area (Å²) in [6, 6.07) is 0. The van der Waals surface area contributed by atoms with Crippen LogP contribution in [-0.2, 0) is 16.0 Å². The molecule has 1 aromatic heterocycles. The third-order valence-corrected chi connectivity index (χ3v) is 1.93. The summed E-state index contributed by atoms with van der Waals surface area (Å²) < 4.78 is 0.